The summed E-state index contributed by atoms with van der Waals surface area (Å²) in [6.45, 7) is 1.95. The van der Waals surface area contributed by atoms with Crippen LogP contribution in [0.4, 0.5) is 5.69 Å². The monoisotopic (exact) mass is 548 g/mol. The smallest absolute Gasteiger partial charge is 0.297 e. The van der Waals surface area contributed by atoms with Gasteiger partial charge >= 0.3 is 0 Å². The van der Waals surface area contributed by atoms with E-state index in [4.69, 9.17) is 19.2 Å². The van der Waals surface area contributed by atoms with Gasteiger partial charge in [-0.25, -0.2) is 9.67 Å². The van der Waals surface area contributed by atoms with Crippen LogP contribution in [0.2, 0.25) is 0 Å². The Morgan fingerprint density at radius 3 is 2.15 bits per heavy atom. The summed E-state index contributed by atoms with van der Waals surface area (Å²) in [6, 6.07) is 13.9. The fourth-order valence-corrected chi connectivity index (χ4v) is 6.46. The van der Waals surface area contributed by atoms with E-state index < -0.39 is 0 Å². The van der Waals surface area contributed by atoms with Gasteiger partial charge in [-0.15, -0.1) is 11.3 Å². The van der Waals surface area contributed by atoms with Gasteiger partial charge in [-0.1, -0.05) is 43.9 Å². The highest BCUT2D eigenvalue weighted by Crippen LogP contribution is 2.42. The molecule has 1 fully saturated rings. The molecule has 2 aromatic carbocycles. The minimum atomic E-state index is -0.128. The molecule has 1 saturated carbocycles. The zero-order valence-electron chi connectivity index (χ0n) is 23.3. The first-order valence-electron chi connectivity index (χ1n) is 13.4. The summed E-state index contributed by atoms with van der Waals surface area (Å²) in [5.41, 5.74) is 3.95. The van der Waals surface area contributed by atoms with Crippen LogP contribution in [0.15, 0.2) is 57.6 Å². The molecule has 4 aromatic rings. The van der Waals surface area contributed by atoms with E-state index in [1.165, 1.54) is 25.7 Å². The number of hydrogen-bond acceptors (Lipinski definition) is 6. The lowest BCUT2D eigenvalue weighted by atomic mass is 10.1. The summed E-state index contributed by atoms with van der Waals surface area (Å²) in [5.74, 6) is 1.77. The molecule has 0 unspecified atom stereocenters. The highest BCUT2D eigenvalue weighted by molar-refractivity contribution is 7.07. The molecule has 2 aromatic heterocycles. The molecule has 39 heavy (non-hydrogen) atoms. The van der Waals surface area contributed by atoms with Gasteiger partial charge in [0.25, 0.3) is 5.56 Å². The maximum Gasteiger partial charge on any atom is 0.297 e. The van der Waals surface area contributed by atoms with Crippen molar-refractivity contribution < 1.29 is 14.2 Å². The molecule has 0 bridgehead atoms. The fourth-order valence-electron chi connectivity index (χ4n) is 5.49. The Morgan fingerprint density at radius 1 is 0.923 bits per heavy atom. The summed E-state index contributed by atoms with van der Waals surface area (Å²) < 4.78 is 22.8. The van der Waals surface area contributed by atoms with E-state index in [-0.39, 0.29) is 11.6 Å². The van der Waals surface area contributed by atoms with Gasteiger partial charge in [0.1, 0.15) is 0 Å². The Kier molecular flexibility index (Phi) is 7.97. The third kappa shape index (κ3) is 5.03. The van der Waals surface area contributed by atoms with Gasteiger partial charge in [-0.05, 0) is 44.0 Å². The number of aromatic nitrogens is 3. The number of para-hydroxylation sites is 1. The molecule has 2 heterocycles. The van der Waals surface area contributed by atoms with Gasteiger partial charge in [-0.2, -0.15) is 0 Å². The number of hydrogen-bond donors (Lipinski definition) is 0. The first-order valence-corrected chi connectivity index (χ1v) is 14.3. The number of nitrogens with zero attached hydrogens (tertiary/aromatic N) is 4. The number of benzene rings is 2. The van der Waals surface area contributed by atoms with Crippen molar-refractivity contribution in [2.75, 3.05) is 21.3 Å². The molecule has 206 valence electrons. The molecule has 9 heteroatoms. The first-order chi connectivity index (χ1) is 19.0. The molecule has 0 atom stereocenters. The Labute approximate surface area is 232 Å². The van der Waals surface area contributed by atoms with E-state index in [1.807, 2.05) is 61.1 Å². The molecule has 0 aliphatic heterocycles. The van der Waals surface area contributed by atoms with Gasteiger partial charge in [0.05, 0.1) is 38.4 Å². The zero-order chi connectivity index (χ0) is 27.5. The molecule has 5 rings (SSSR count). The van der Waals surface area contributed by atoms with Crippen molar-refractivity contribution in [2.45, 2.75) is 51.5 Å². The van der Waals surface area contributed by atoms with Crippen LogP contribution in [0, 0.1) is 6.92 Å². The molecule has 0 spiro atoms. The Morgan fingerprint density at radius 2 is 1.56 bits per heavy atom. The minimum absolute atomic E-state index is 0.128. The van der Waals surface area contributed by atoms with Crippen LogP contribution in [-0.2, 0) is 7.05 Å². The number of rotatable bonds is 7. The molecule has 8 nitrogen and oxygen atoms in total. The average molecular weight is 549 g/mol. The minimum Gasteiger partial charge on any atom is -0.493 e. The summed E-state index contributed by atoms with van der Waals surface area (Å²) in [5, 5.41) is 2.12. The van der Waals surface area contributed by atoms with Crippen molar-refractivity contribution in [1.82, 2.24) is 13.9 Å². The van der Waals surface area contributed by atoms with Crippen molar-refractivity contribution >= 4 is 17.0 Å². The second-order valence-corrected chi connectivity index (χ2v) is 10.7. The molecule has 0 saturated heterocycles. The van der Waals surface area contributed by atoms with Gasteiger partial charge in [-0.3, -0.25) is 9.48 Å². The molecular formula is C30H36N4O4S. The van der Waals surface area contributed by atoms with Crippen molar-refractivity contribution in [1.29, 1.82) is 0 Å². The van der Waals surface area contributed by atoms with Crippen LogP contribution < -0.4 is 24.6 Å². The second kappa shape index (κ2) is 11.6. The van der Waals surface area contributed by atoms with Gasteiger partial charge < -0.3 is 18.8 Å². The van der Waals surface area contributed by atoms with Crippen LogP contribution in [0.5, 0.6) is 17.2 Å². The largest absolute Gasteiger partial charge is 0.493 e. The Balaban J connectivity index is 1.73. The summed E-state index contributed by atoms with van der Waals surface area (Å²) in [4.78, 5) is 19.5. The average Bonchev–Trinajstić information content (AvgIpc) is 3.32. The van der Waals surface area contributed by atoms with Crippen LogP contribution in [0.25, 0.3) is 16.9 Å². The van der Waals surface area contributed by atoms with Gasteiger partial charge in [0.2, 0.25) is 5.75 Å². The van der Waals surface area contributed by atoms with Crippen molar-refractivity contribution in [3.8, 4) is 34.2 Å². The molecule has 1 aliphatic rings. The van der Waals surface area contributed by atoms with Crippen molar-refractivity contribution in [3.63, 3.8) is 0 Å². The fraction of sp³-hybridized carbons (Fsp3) is 0.400. The van der Waals surface area contributed by atoms with E-state index in [1.54, 1.807) is 37.3 Å². The lowest BCUT2D eigenvalue weighted by Crippen LogP contribution is -2.23. The molecule has 1 aliphatic carbocycles. The molecular weight excluding hydrogens is 512 g/mol. The van der Waals surface area contributed by atoms with Crippen LogP contribution in [0.1, 0.15) is 50.3 Å². The third-order valence-electron chi connectivity index (χ3n) is 7.62. The van der Waals surface area contributed by atoms with Crippen LogP contribution in [0.3, 0.4) is 0 Å². The predicted molar refractivity (Wildman–Crippen MR) is 155 cm³/mol. The molecule has 0 radical (unpaired) electrons. The quantitative estimate of drug-likeness (QED) is 0.259. The summed E-state index contributed by atoms with van der Waals surface area (Å²) >= 11 is 1.56. The van der Waals surface area contributed by atoms with E-state index in [0.29, 0.717) is 22.9 Å². The topological polar surface area (TPSA) is 71.9 Å². The first kappa shape index (κ1) is 26.9. The van der Waals surface area contributed by atoms with Gasteiger partial charge in [0.15, 0.2) is 22.0 Å². The maximum atomic E-state index is 13.7. The molecule has 0 amide bonds. The lowest BCUT2D eigenvalue weighted by molar-refractivity contribution is 0.324. The molecule has 0 N–H and O–H groups in total. The van der Waals surface area contributed by atoms with E-state index in [9.17, 15) is 4.79 Å². The van der Waals surface area contributed by atoms with Crippen LogP contribution in [-0.4, -0.2) is 35.3 Å². The van der Waals surface area contributed by atoms with Crippen molar-refractivity contribution in [2.24, 2.45) is 12.0 Å². The number of methoxy groups -OCH3 is 3. The zero-order valence-corrected chi connectivity index (χ0v) is 24.1. The predicted octanol–water partition coefficient (Wildman–Crippen LogP) is 6.17. The lowest BCUT2D eigenvalue weighted by Gasteiger charge is -2.21. The number of thiazole rings is 1. The summed E-state index contributed by atoms with van der Waals surface area (Å²) in [7, 11) is 6.77. The van der Waals surface area contributed by atoms with E-state index >= 15 is 0 Å². The second-order valence-electron chi connectivity index (χ2n) is 9.85. The normalized spacial score (nSPS) is 14.8. The maximum absolute atomic E-state index is 13.7. The highest BCUT2D eigenvalue weighted by atomic mass is 32.1. The Hall–Kier alpha value is -3.72. The number of ether oxygens (including phenoxy) is 3. The SMILES string of the molecule is COc1cc(-c2csc(=Nc3c(C)n(C)n(-c4ccccc4)c3=O)n2C2CCCCCC2)cc(OC)c1OC. The van der Waals surface area contributed by atoms with Gasteiger partial charge in [0, 0.05) is 24.0 Å². The van der Waals surface area contributed by atoms with Crippen LogP contribution >= 0.6 is 11.3 Å². The Bertz CT molecular complexity index is 1550. The standard InChI is InChI=1S/C30H36N4O4S/c1-20-27(29(35)34(32(20)2)23-15-11-8-12-16-23)31-30-33(22-13-9-6-7-10-14-22)24(19-39-30)21-17-25(36-3)28(38-5)26(18-21)37-4/h8,11-12,15-19,22H,6-7,9-10,13-14H2,1-5H3. The van der Waals surface area contributed by atoms with E-state index in [0.717, 1.165) is 40.3 Å². The third-order valence-corrected chi connectivity index (χ3v) is 8.46. The summed E-state index contributed by atoms with van der Waals surface area (Å²) in [6.07, 6.45) is 6.98. The van der Waals surface area contributed by atoms with Crippen molar-refractivity contribution in [3.05, 3.63) is 68.7 Å². The highest BCUT2D eigenvalue weighted by Gasteiger charge is 2.23. The van der Waals surface area contributed by atoms with E-state index in [2.05, 4.69) is 9.95 Å².